The molecular formula is C47H51N5O4. The van der Waals surface area contributed by atoms with Gasteiger partial charge in [0.1, 0.15) is 6.04 Å². The molecule has 9 nitrogen and oxygen atoms in total. The maximum Gasteiger partial charge on any atom is 0.244 e. The van der Waals surface area contributed by atoms with Gasteiger partial charge in [0.2, 0.25) is 11.8 Å². The minimum absolute atomic E-state index is 0.0517. The van der Waals surface area contributed by atoms with E-state index in [1.54, 1.807) is 11.9 Å². The third-order valence-electron chi connectivity index (χ3n) is 12.1. The molecule has 2 N–H and O–H groups in total. The second-order valence-electron chi connectivity index (χ2n) is 15.8. The number of hydrogen-bond acceptors (Lipinski definition) is 6. The van der Waals surface area contributed by atoms with Crippen LogP contribution < -0.4 is 5.32 Å². The Morgan fingerprint density at radius 2 is 1.34 bits per heavy atom. The van der Waals surface area contributed by atoms with Crippen LogP contribution in [0.5, 0.6) is 0 Å². The Morgan fingerprint density at radius 1 is 0.696 bits per heavy atom. The topological polar surface area (TPSA) is 106 Å². The highest BCUT2D eigenvalue weighted by Gasteiger charge is 2.39. The SMILES string of the molecule is CN[C@@H](C(=O)N1CCC[C@H]1C(=O)Cc1ccc2[nH]c(-c3ccc(CC(=O)[C@@H]4CCCN4C(=O)[C@@H]4CCN(Cc5ccccc5)C4)cc3)cc2c1)c1ccccc1. The fraction of sp³-hybridized carbons (Fsp3) is 0.362. The van der Waals surface area contributed by atoms with Crippen molar-refractivity contribution >= 4 is 34.3 Å². The summed E-state index contributed by atoms with van der Waals surface area (Å²) < 4.78 is 0. The number of amides is 2. The third kappa shape index (κ3) is 8.11. The van der Waals surface area contributed by atoms with Gasteiger partial charge in [-0.3, -0.25) is 24.1 Å². The molecule has 0 saturated carbocycles. The molecule has 0 bridgehead atoms. The molecule has 4 aromatic carbocycles. The zero-order valence-electron chi connectivity index (χ0n) is 32.2. The summed E-state index contributed by atoms with van der Waals surface area (Å²) in [5.74, 6) is 0.197. The molecule has 2 amide bonds. The lowest BCUT2D eigenvalue weighted by Crippen LogP contribution is -2.46. The molecular weight excluding hydrogens is 699 g/mol. The lowest BCUT2D eigenvalue weighted by Gasteiger charge is -2.28. The van der Waals surface area contributed by atoms with E-state index in [9.17, 15) is 19.2 Å². The zero-order chi connectivity index (χ0) is 38.6. The van der Waals surface area contributed by atoms with Gasteiger partial charge in [-0.25, -0.2) is 0 Å². The van der Waals surface area contributed by atoms with E-state index in [2.05, 4.69) is 51.6 Å². The number of benzene rings is 4. The molecule has 3 aliphatic heterocycles. The second kappa shape index (κ2) is 16.8. The number of Topliss-reactive ketones (excluding diaryl/α,β-unsaturated/α-hetero) is 2. The molecule has 56 heavy (non-hydrogen) atoms. The fourth-order valence-corrected chi connectivity index (χ4v) is 9.12. The Balaban J connectivity index is 0.868. The number of likely N-dealkylation sites (tertiary alicyclic amines) is 3. The Hall–Kier alpha value is -5.38. The molecule has 9 heteroatoms. The summed E-state index contributed by atoms with van der Waals surface area (Å²) in [7, 11) is 1.78. The predicted molar refractivity (Wildman–Crippen MR) is 219 cm³/mol. The standard InChI is InChI=1S/C47H51N5O4/c1-48-45(36-12-6-3-7-13-36)47(56)52-24-9-15-42(52)44(54)28-34-18-21-39-38(26-34)29-40(49-39)35-19-16-32(17-20-35)27-43(53)41-14-8-23-51(41)46(55)37-22-25-50(31-37)30-33-10-4-2-5-11-33/h2-7,10-13,16-21,26,29,37,41-42,45,48-49H,8-9,14-15,22-25,27-28,30-31H2,1H3/t37-,41+,42+,45-/m1/s1. The van der Waals surface area contributed by atoms with Crippen molar-refractivity contribution in [3.63, 3.8) is 0 Å². The molecule has 4 atom stereocenters. The van der Waals surface area contributed by atoms with Gasteiger partial charge in [0.15, 0.2) is 11.6 Å². The highest BCUT2D eigenvalue weighted by molar-refractivity contribution is 5.94. The van der Waals surface area contributed by atoms with Gasteiger partial charge in [0.25, 0.3) is 0 Å². The lowest BCUT2D eigenvalue weighted by atomic mass is 9.99. The smallest absolute Gasteiger partial charge is 0.244 e. The Morgan fingerprint density at radius 3 is 2.05 bits per heavy atom. The number of carbonyl (C=O) groups is 4. The Kier molecular flexibility index (Phi) is 11.2. The quantitative estimate of drug-likeness (QED) is 0.142. The molecule has 1 aromatic heterocycles. The first-order valence-electron chi connectivity index (χ1n) is 20.2. The molecule has 0 spiro atoms. The van der Waals surface area contributed by atoms with E-state index in [0.717, 1.165) is 84.2 Å². The summed E-state index contributed by atoms with van der Waals surface area (Å²) in [6.07, 6.45) is 4.49. The van der Waals surface area contributed by atoms with Crippen molar-refractivity contribution in [1.29, 1.82) is 0 Å². The molecule has 0 unspecified atom stereocenters. The first-order valence-corrected chi connectivity index (χ1v) is 20.2. The molecule has 0 aliphatic carbocycles. The maximum atomic E-state index is 13.6. The summed E-state index contributed by atoms with van der Waals surface area (Å²) in [5, 5.41) is 4.16. The number of ketones is 2. The number of likely N-dealkylation sites (N-methyl/N-ethyl adjacent to an activating group) is 1. The number of nitrogens with one attached hydrogen (secondary N) is 2. The van der Waals surface area contributed by atoms with Gasteiger partial charge >= 0.3 is 0 Å². The van der Waals surface area contributed by atoms with Crippen LogP contribution in [0.25, 0.3) is 22.2 Å². The average Bonchev–Trinajstić information content (AvgIpc) is 4.06. The number of H-pyrrole nitrogens is 1. The third-order valence-corrected chi connectivity index (χ3v) is 12.1. The van der Waals surface area contributed by atoms with E-state index in [4.69, 9.17) is 0 Å². The molecule has 3 saturated heterocycles. The van der Waals surface area contributed by atoms with Crippen molar-refractivity contribution in [3.8, 4) is 11.3 Å². The van der Waals surface area contributed by atoms with E-state index in [0.29, 0.717) is 25.9 Å². The van der Waals surface area contributed by atoms with E-state index < -0.39 is 12.1 Å². The number of aromatic amines is 1. The van der Waals surface area contributed by atoms with Crippen LogP contribution in [0.1, 0.15) is 60.4 Å². The Bertz CT molecular complexity index is 2180. The van der Waals surface area contributed by atoms with Crippen molar-refractivity contribution in [2.24, 2.45) is 5.92 Å². The molecule has 8 rings (SSSR count). The van der Waals surface area contributed by atoms with E-state index in [-0.39, 0.29) is 41.8 Å². The van der Waals surface area contributed by atoms with Gasteiger partial charge in [-0.15, -0.1) is 0 Å². The Labute approximate surface area is 329 Å². The highest BCUT2D eigenvalue weighted by atomic mass is 16.2. The van der Waals surface area contributed by atoms with E-state index in [1.165, 1.54) is 5.56 Å². The fourth-order valence-electron chi connectivity index (χ4n) is 9.12. The van der Waals surface area contributed by atoms with Crippen LogP contribution in [-0.2, 0) is 38.6 Å². The van der Waals surface area contributed by atoms with Crippen LogP contribution in [-0.4, -0.2) is 88.4 Å². The molecule has 0 radical (unpaired) electrons. The van der Waals surface area contributed by atoms with Crippen LogP contribution in [0.15, 0.2) is 109 Å². The molecule has 3 aliphatic rings. The van der Waals surface area contributed by atoms with Gasteiger partial charge in [-0.05, 0) is 91.7 Å². The van der Waals surface area contributed by atoms with Gasteiger partial charge in [0.05, 0.1) is 18.0 Å². The number of nitrogens with zero attached hydrogens (tertiary/aromatic N) is 3. The molecule has 5 aromatic rings. The minimum atomic E-state index is -0.485. The van der Waals surface area contributed by atoms with Gasteiger partial charge in [0, 0.05) is 55.6 Å². The first-order chi connectivity index (χ1) is 27.3. The average molecular weight is 750 g/mol. The van der Waals surface area contributed by atoms with Gasteiger partial charge in [-0.1, -0.05) is 91.0 Å². The molecule has 3 fully saturated rings. The van der Waals surface area contributed by atoms with Crippen LogP contribution in [0.2, 0.25) is 0 Å². The van der Waals surface area contributed by atoms with Crippen molar-refractivity contribution < 1.29 is 19.2 Å². The summed E-state index contributed by atoms with van der Waals surface area (Å²) in [4.78, 5) is 64.0. The normalized spacial score (nSPS) is 20.5. The van der Waals surface area contributed by atoms with E-state index in [1.807, 2.05) is 77.7 Å². The number of hydrogen-bond donors (Lipinski definition) is 2. The summed E-state index contributed by atoms with van der Waals surface area (Å²) in [6, 6.07) is 35.0. The van der Waals surface area contributed by atoms with Crippen LogP contribution in [0.4, 0.5) is 0 Å². The first kappa shape index (κ1) is 37.5. The van der Waals surface area contributed by atoms with Crippen LogP contribution in [0.3, 0.4) is 0 Å². The van der Waals surface area contributed by atoms with Crippen LogP contribution >= 0.6 is 0 Å². The van der Waals surface area contributed by atoms with Crippen molar-refractivity contribution in [2.75, 3.05) is 33.2 Å². The summed E-state index contributed by atoms with van der Waals surface area (Å²) >= 11 is 0. The second-order valence-corrected chi connectivity index (χ2v) is 15.8. The van der Waals surface area contributed by atoms with Gasteiger partial charge < -0.3 is 20.1 Å². The largest absolute Gasteiger partial charge is 0.355 e. The number of carbonyl (C=O) groups excluding carboxylic acids is 4. The van der Waals surface area contributed by atoms with E-state index >= 15 is 0 Å². The molecule has 288 valence electrons. The van der Waals surface area contributed by atoms with Crippen molar-refractivity contribution in [3.05, 3.63) is 131 Å². The highest BCUT2D eigenvalue weighted by Crippen LogP contribution is 2.30. The zero-order valence-corrected chi connectivity index (χ0v) is 32.2. The number of fused-ring (bicyclic) bond motifs is 1. The monoisotopic (exact) mass is 749 g/mol. The predicted octanol–water partition coefficient (Wildman–Crippen LogP) is 6.52. The van der Waals surface area contributed by atoms with Crippen molar-refractivity contribution in [1.82, 2.24) is 25.0 Å². The summed E-state index contributed by atoms with van der Waals surface area (Å²) in [5.41, 5.74) is 6.95. The minimum Gasteiger partial charge on any atom is -0.355 e. The lowest BCUT2D eigenvalue weighted by molar-refractivity contribution is -0.140. The van der Waals surface area contributed by atoms with Gasteiger partial charge in [-0.2, -0.15) is 0 Å². The summed E-state index contributed by atoms with van der Waals surface area (Å²) in [6.45, 7) is 3.73. The number of aromatic nitrogens is 1. The van der Waals surface area contributed by atoms with Crippen molar-refractivity contribution in [2.45, 2.75) is 69.6 Å². The molecule has 4 heterocycles. The number of rotatable bonds is 13. The van der Waals surface area contributed by atoms with Crippen LogP contribution in [0, 0.1) is 5.92 Å². The maximum absolute atomic E-state index is 13.6.